The second-order valence-electron chi connectivity index (χ2n) is 2.82. The van der Waals surface area contributed by atoms with Crippen molar-refractivity contribution in [2.45, 2.75) is 13.5 Å². The van der Waals surface area contributed by atoms with Gasteiger partial charge in [-0.1, -0.05) is 0 Å². The van der Waals surface area contributed by atoms with Crippen molar-refractivity contribution in [3.8, 4) is 0 Å². The number of hydrogen-bond donors (Lipinski definition) is 2. The van der Waals surface area contributed by atoms with E-state index in [4.69, 9.17) is 10.6 Å². The quantitative estimate of drug-likeness (QED) is 0.463. The van der Waals surface area contributed by atoms with Crippen molar-refractivity contribution < 1.29 is 9.63 Å². The lowest BCUT2D eigenvalue weighted by Crippen LogP contribution is -2.27. The third kappa shape index (κ3) is 3.55. The van der Waals surface area contributed by atoms with Crippen molar-refractivity contribution in [3.63, 3.8) is 0 Å². The van der Waals surface area contributed by atoms with E-state index in [-0.39, 0.29) is 6.61 Å². The van der Waals surface area contributed by atoms with Crippen LogP contribution in [0.25, 0.3) is 0 Å². The molecule has 6 heteroatoms. The summed E-state index contributed by atoms with van der Waals surface area (Å²) in [6.45, 7) is 3.16. The molecule has 0 radical (unpaired) electrons. The molecule has 0 fully saturated rings. The van der Waals surface area contributed by atoms with E-state index in [9.17, 15) is 4.79 Å². The number of imidazole rings is 1. The second-order valence-corrected chi connectivity index (χ2v) is 2.82. The average Bonchev–Trinajstić information content (AvgIpc) is 2.51. The Bertz CT molecular complexity index is 297. The summed E-state index contributed by atoms with van der Waals surface area (Å²) in [4.78, 5) is 19.1. The molecule has 0 bridgehead atoms. The molecule has 0 spiro atoms. The number of rotatable bonds is 6. The van der Waals surface area contributed by atoms with Crippen LogP contribution < -0.4 is 11.2 Å². The van der Waals surface area contributed by atoms with Crippen LogP contribution in [0.3, 0.4) is 0 Å². The van der Waals surface area contributed by atoms with Crippen LogP contribution >= 0.6 is 0 Å². The molecule has 78 valence electrons. The Balaban J connectivity index is 2.10. The fourth-order valence-corrected chi connectivity index (χ4v) is 1.00. The molecule has 0 unspecified atom stereocenters. The van der Waals surface area contributed by atoms with Gasteiger partial charge in [0.05, 0.1) is 0 Å². The van der Waals surface area contributed by atoms with Gasteiger partial charge in [-0.05, 0) is 6.92 Å². The molecular formula is C8H14N4O2. The summed E-state index contributed by atoms with van der Waals surface area (Å²) >= 11 is 0. The first kappa shape index (κ1) is 10.7. The molecule has 0 saturated heterocycles. The highest BCUT2D eigenvalue weighted by Gasteiger charge is 1.96. The highest BCUT2D eigenvalue weighted by Crippen LogP contribution is 1.92. The highest BCUT2D eigenvalue weighted by molar-refractivity contribution is 5.74. The molecule has 0 aromatic carbocycles. The predicted molar refractivity (Wildman–Crippen MR) is 50.1 cm³/mol. The molecular weight excluding hydrogens is 184 g/mol. The number of nitrogens with one attached hydrogen (secondary N) is 1. The van der Waals surface area contributed by atoms with E-state index in [2.05, 4.69) is 10.5 Å². The summed E-state index contributed by atoms with van der Waals surface area (Å²) in [6, 6.07) is 0. The monoisotopic (exact) mass is 198 g/mol. The standard InChI is InChI=1S/C8H14N4O2/c1-7-10-2-4-12(7)5-3-11-14-6-8(9)13/h2,4,11H,3,5-6H2,1H3,(H2,9,13). The maximum atomic E-state index is 10.3. The zero-order valence-electron chi connectivity index (χ0n) is 8.06. The molecule has 1 rings (SSSR count). The summed E-state index contributed by atoms with van der Waals surface area (Å²) in [7, 11) is 0. The van der Waals surface area contributed by atoms with Crippen LogP contribution in [0.1, 0.15) is 5.82 Å². The number of aryl methyl sites for hydroxylation is 1. The van der Waals surface area contributed by atoms with Crippen molar-refractivity contribution in [1.29, 1.82) is 0 Å². The Morgan fingerprint density at radius 3 is 3.14 bits per heavy atom. The number of nitrogens with two attached hydrogens (primary N) is 1. The molecule has 1 heterocycles. The van der Waals surface area contributed by atoms with Crippen molar-refractivity contribution in [2.75, 3.05) is 13.2 Å². The Kier molecular flexibility index (Phi) is 4.09. The highest BCUT2D eigenvalue weighted by atomic mass is 16.6. The minimum absolute atomic E-state index is 0.108. The van der Waals surface area contributed by atoms with Crippen LogP contribution in [-0.2, 0) is 16.2 Å². The van der Waals surface area contributed by atoms with Crippen molar-refractivity contribution in [1.82, 2.24) is 15.0 Å². The Morgan fingerprint density at radius 2 is 2.57 bits per heavy atom. The van der Waals surface area contributed by atoms with Crippen LogP contribution in [0, 0.1) is 6.92 Å². The number of nitrogens with zero attached hydrogens (tertiary/aromatic N) is 2. The first-order valence-corrected chi connectivity index (χ1v) is 4.31. The molecule has 1 amide bonds. The maximum absolute atomic E-state index is 10.3. The summed E-state index contributed by atoms with van der Waals surface area (Å²) in [6.07, 6.45) is 3.62. The van der Waals surface area contributed by atoms with Crippen LogP contribution in [0.5, 0.6) is 0 Å². The van der Waals surface area contributed by atoms with Crippen LogP contribution in [-0.4, -0.2) is 28.6 Å². The largest absolute Gasteiger partial charge is 0.368 e. The van der Waals surface area contributed by atoms with Crippen LogP contribution in [0.2, 0.25) is 0 Å². The van der Waals surface area contributed by atoms with Gasteiger partial charge in [-0.15, -0.1) is 0 Å². The molecule has 1 aromatic heterocycles. The smallest absolute Gasteiger partial charge is 0.245 e. The minimum atomic E-state index is -0.490. The van der Waals surface area contributed by atoms with Gasteiger partial charge < -0.3 is 10.3 Å². The van der Waals surface area contributed by atoms with Gasteiger partial charge in [0.15, 0.2) is 0 Å². The van der Waals surface area contributed by atoms with Crippen molar-refractivity contribution in [3.05, 3.63) is 18.2 Å². The second kappa shape index (κ2) is 5.36. The van der Waals surface area contributed by atoms with Crippen molar-refractivity contribution >= 4 is 5.91 Å². The third-order valence-electron chi connectivity index (χ3n) is 1.69. The van der Waals surface area contributed by atoms with Gasteiger partial charge in [-0.25, -0.2) is 10.5 Å². The number of aromatic nitrogens is 2. The lowest BCUT2D eigenvalue weighted by atomic mass is 10.6. The number of hydrogen-bond acceptors (Lipinski definition) is 4. The SMILES string of the molecule is Cc1nccn1CCNOCC(N)=O. The summed E-state index contributed by atoms with van der Waals surface area (Å²) in [5.41, 5.74) is 7.51. The summed E-state index contributed by atoms with van der Waals surface area (Å²) in [5, 5.41) is 0. The summed E-state index contributed by atoms with van der Waals surface area (Å²) in [5.74, 6) is 0.456. The van der Waals surface area contributed by atoms with Gasteiger partial charge in [0, 0.05) is 25.5 Å². The number of primary amides is 1. The van der Waals surface area contributed by atoms with Gasteiger partial charge in [0.1, 0.15) is 12.4 Å². The van der Waals surface area contributed by atoms with E-state index in [1.165, 1.54) is 0 Å². The molecule has 0 aliphatic rings. The van der Waals surface area contributed by atoms with Gasteiger partial charge in [0.25, 0.3) is 0 Å². The maximum Gasteiger partial charge on any atom is 0.245 e. The molecule has 0 aliphatic heterocycles. The normalized spacial score (nSPS) is 10.4. The fraction of sp³-hybridized carbons (Fsp3) is 0.500. The number of hydroxylamine groups is 1. The fourth-order valence-electron chi connectivity index (χ4n) is 1.00. The topological polar surface area (TPSA) is 82.2 Å². The number of carbonyl (C=O) groups excluding carboxylic acids is 1. The van der Waals surface area contributed by atoms with E-state index in [0.29, 0.717) is 6.54 Å². The van der Waals surface area contributed by atoms with Crippen LogP contribution in [0.15, 0.2) is 12.4 Å². The van der Waals surface area contributed by atoms with Gasteiger partial charge in [-0.3, -0.25) is 9.63 Å². The lowest BCUT2D eigenvalue weighted by Gasteiger charge is -2.05. The Morgan fingerprint density at radius 1 is 1.79 bits per heavy atom. The zero-order valence-corrected chi connectivity index (χ0v) is 8.06. The molecule has 0 atom stereocenters. The van der Waals surface area contributed by atoms with Gasteiger partial charge in [0.2, 0.25) is 5.91 Å². The van der Waals surface area contributed by atoms with E-state index >= 15 is 0 Å². The molecule has 14 heavy (non-hydrogen) atoms. The lowest BCUT2D eigenvalue weighted by molar-refractivity contribution is -0.125. The molecule has 0 saturated carbocycles. The first-order valence-electron chi connectivity index (χ1n) is 4.31. The predicted octanol–water partition coefficient (Wildman–Crippen LogP) is -0.802. The van der Waals surface area contributed by atoms with Crippen LogP contribution in [0.4, 0.5) is 0 Å². The minimum Gasteiger partial charge on any atom is -0.368 e. The molecule has 1 aromatic rings. The Hall–Kier alpha value is -1.40. The molecule has 3 N–H and O–H groups in total. The van der Waals surface area contributed by atoms with Gasteiger partial charge >= 0.3 is 0 Å². The van der Waals surface area contributed by atoms with Crippen molar-refractivity contribution in [2.24, 2.45) is 5.73 Å². The van der Waals surface area contributed by atoms with E-state index in [0.717, 1.165) is 12.4 Å². The van der Waals surface area contributed by atoms with E-state index in [1.807, 2.05) is 17.7 Å². The molecule has 6 nitrogen and oxygen atoms in total. The summed E-state index contributed by atoms with van der Waals surface area (Å²) < 4.78 is 1.97. The zero-order chi connectivity index (χ0) is 10.4. The Labute approximate surface area is 82.0 Å². The van der Waals surface area contributed by atoms with E-state index in [1.54, 1.807) is 6.20 Å². The average molecular weight is 198 g/mol. The molecule has 0 aliphatic carbocycles. The van der Waals surface area contributed by atoms with E-state index < -0.39 is 5.91 Å². The first-order chi connectivity index (χ1) is 6.70. The number of amides is 1. The third-order valence-corrected chi connectivity index (χ3v) is 1.69. The van der Waals surface area contributed by atoms with Gasteiger partial charge in [-0.2, -0.15) is 0 Å². The number of carbonyl (C=O) groups is 1.